The van der Waals surface area contributed by atoms with Crippen molar-refractivity contribution in [3.63, 3.8) is 0 Å². The number of aromatic nitrogens is 1. The molecule has 0 saturated carbocycles. The molecule has 3 rings (SSSR count). The number of aryl methyl sites for hydroxylation is 1. The third-order valence-corrected chi connectivity index (χ3v) is 4.00. The van der Waals surface area contributed by atoms with Gasteiger partial charge in [0, 0.05) is 16.6 Å². The van der Waals surface area contributed by atoms with Gasteiger partial charge in [-0.15, -0.1) is 0 Å². The lowest BCUT2D eigenvalue weighted by atomic mass is 9.85. The molecule has 2 nitrogen and oxygen atoms in total. The second-order valence-corrected chi connectivity index (χ2v) is 4.97. The van der Waals surface area contributed by atoms with E-state index in [1.807, 2.05) is 18.2 Å². The number of fused-ring (bicyclic) bond motifs is 3. The summed E-state index contributed by atoms with van der Waals surface area (Å²) in [6, 6.07) is 8.18. The molecule has 1 atom stereocenters. The molecule has 1 N–H and O–H groups in total. The second kappa shape index (κ2) is 3.92. The Labute approximate surface area is 101 Å². The normalized spacial score (nSPS) is 18.9. The highest BCUT2D eigenvalue weighted by atomic mass is 14.7. The number of aromatic amines is 1. The third kappa shape index (κ3) is 1.63. The SMILES string of the molecule is CCC1CCc2[nH]c3ccc(C#N)cc3c2C1. The molecular weight excluding hydrogens is 208 g/mol. The number of benzene rings is 1. The van der Waals surface area contributed by atoms with Crippen LogP contribution in [-0.4, -0.2) is 4.98 Å². The monoisotopic (exact) mass is 224 g/mol. The molecule has 1 unspecified atom stereocenters. The molecule has 0 amide bonds. The van der Waals surface area contributed by atoms with Crippen LogP contribution < -0.4 is 0 Å². The standard InChI is InChI=1S/C15H16N2/c1-2-10-3-5-14-12(7-10)13-8-11(9-16)4-6-15(13)17-14/h4,6,8,10,17H,2-3,5,7H2,1H3. The van der Waals surface area contributed by atoms with Crippen LogP contribution in [0.15, 0.2) is 18.2 Å². The summed E-state index contributed by atoms with van der Waals surface area (Å²) in [5, 5.41) is 10.2. The fraction of sp³-hybridized carbons (Fsp3) is 0.400. The van der Waals surface area contributed by atoms with Gasteiger partial charge in [-0.2, -0.15) is 5.26 Å². The first-order valence-corrected chi connectivity index (χ1v) is 6.35. The highest BCUT2D eigenvalue weighted by Crippen LogP contribution is 2.33. The van der Waals surface area contributed by atoms with Crippen LogP contribution in [0.4, 0.5) is 0 Å². The minimum Gasteiger partial charge on any atom is -0.358 e. The van der Waals surface area contributed by atoms with Crippen LogP contribution in [0.2, 0.25) is 0 Å². The first-order valence-electron chi connectivity index (χ1n) is 6.35. The van der Waals surface area contributed by atoms with E-state index in [0.717, 1.165) is 17.9 Å². The zero-order valence-electron chi connectivity index (χ0n) is 10.1. The number of nitrogens with one attached hydrogen (secondary N) is 1. The van der Waals surface area contributed by atoms with E-state index in [2.05, 4.69) is 18.0 Å². The fourth-order valence-electron chi connectivity index (χ4n) is 2.91. The van der Waals surface area contributed by atoms with E-state index >= 15 is 0 Å². The topological polar surface area (TPSA) is 39.6 Å². The van der Waals surface area contributed by atoms with Crippen molar-refractivity contribution in [2.75, 3.05) is 0 Å². The molecule has 17 heavy (non-hydrogen) atoms. The molecule has 0 spiro atoms. The Morgan fingerprint density at radius 3 is 3.12 bits per heavy atom. The average Bonchev–Trinajstić information content (AvgIpc) is 2.75. The number of H-pyrrole nitrogens is 1. The predicted molar refractivity (Wildman–Crippen MR) is 68.8 cm³/mol. The first-order chi connectivity index (χ1) is 8.31. The highest BCUT2D eigenvalue weighted by Gasteiger charge is 2.21. The van der Waals surface area contributed by atoms with Crippen LogP contribution in [0.5, 0.6) is 0 Å². The predicted octanol–water partition coefficient (Wildman–Crippen LogP) is 3.55. The molecule has 1 aromatic carbocycles. The maximum atomic E-state index is 8.98. The molecule has 1 aromatic heterocycles. The molecule has 0 fully saturated rings. The van der Waals surface area contributed by atoms with Gasteiger partial charge in [0.05, 0.1) is 11.6 Å². The minimum atomic E-state index is 0.762. The van der Waals surface area contributed by atoms with Crippen molar-refractivity contribution < 1.29 is 0 Å². The van der Waals surface area contributed by atoms with Gasteiger partial charge in [-0.05, 0) is 48.9 Å². The lowest BCUT2D eigenvalue weighted by Gasteiger charge is -2.20. The van der Waals surface area contributed by atoms with E-state index in [0.29, 0.717) is 0 Å². The van der Waals surface area contributed by atoms with Crippen molar-refractivity contribution in [1.82, 2.24) is 4.98 Å². The van der Waals surface area contributed by atoms with Gasteiger partial charge >= 0.3 is 0 Å². The third-order valence-electron chi connectivity index (χ3n) is 4.00. The van der Waals surface area contributed by atoms with Gasteiger partial charge in [-0.1, -0.05) is 13.3 Å². The quantitative estimate of drug-likeness (QED) is 0.790. The van der Waals surface area contributed by atoms with E-state index in [1.54, 1.807) is 0 Å². The summed E-state index contributed by atoms with van der Waals surface area (Å²) in [4.78, 5) is 3.50. The van der Waals surface area contributed by atoms with Gasteiger partial charge in [0.1, 0.15) is 0 Å². The highest BCUT2D eigenvalue weighted by molar-refractivity contribution is 5.86. The van der Waals surface area contributed by atoms with Gasteiger partial charge in [0.15, 0.2) is 0 Å². The van der Waals surface area contributed by atoms with E-state index in [4.69, 9.17) is 5.26 Å². The van der Waals surface area contributed by atoms with Crippen LogP contribution in [0.3, 0.4) is 0 Å². The second-order valence-electron chi connectivity index (χ2n) is 4.97. The van der Waals surface area contributed by atoms with Gasteiger partial charge < -0.3 is 4.98 Å². The summed E-state index contributed by atoms with van der Waals surface area (Å²) >= 11 is 0. The van der Waals surface area contributed by atoms with Crippen LogP contribution in [-0.2, 0) is 12.8 Å². The van der Waals surface area contributed by atoms with E-state index < -0.39 is 0 Å². The van der Waals surface area contributed by atoms with Crippen molar-refractivity contribution in [2.45, 2.75) is 32.6 Å². The number of nitriles is 1. The summed E-state index contributed by atoms with van der Waals surface area (Å²) in [6.45, 7) is 2.27. The summed E-state index contributed by atoms with van der Waals surface area (Å²) in [5.41, 5.74) is 4.79. The molecule has 1 heterocycles. The van der Waals surface area contributed by atoms with Gasteiger partial charge in [0.2, 0.25) is 0 Å². The van der Waals surface area contributed by atoms with E-state index in [1.165, 1.54) is 41.4 Å². The van der Waals surface area contributed by atoms with Crippen molar-refractivity contribution in [3.8, 4) is 6.07 Å². The van der Waals surface area contributed by atoms with Crippen molar-refractivity contribution in [1.29, 1.82) is 5.26 Å². The maximum Gasteiger partial charge on any atom is 0.0991 e. The van der Waals surface area contributed by atoms with Gasteiger partial charge in [-0.3, -0.25) is 0 Å². The Balaban J connectivity index is 2.16. The summed E-state index contributed by atoms with van der Waals surface area (Å²) in [6.07, 6.45) is 4.87. The maximum absolute atomic E-state index is 8.98. The Morgan fingerprint density at radius 1 is 1.47 bits per heavy atom. The van der Waals surface area contributed by atoms with Gasteiger partial charge in [-0.25, -0.2) is 0 Å². The van der Waals surface area contributed by atoms with E-state index in [-0.39, 0.29) is 0 Å². The number of nitrogens with zero attached hydrogens (tertiary/aromatic N) is 1. The van der Waals surface area contributed by atoms with E-state index in [9.17, 15) is 0 Å². The zero-order chi connectivity index (χ0) is 11.8. The Bertz CT molecular complexity index is 601. The Morgan fingerprint density at radius 2 is 2.35 bits per heavy atom. The summed E-state index contributed by atoms with van der Waals surface area (Å²) < 4.78 is 0. The van der Waals surface area contributed by atoms with Crippen molar-refractivity contribution >= 4 is 10.9 Å². The first kappa shape index (κ1) is 10.4. The van der Waals surface area contributed by atoms with Crippen molar-refractivity contribution in [3.05, 3.63) is 35.0 Å². The minimum absolute atomic E-state index is 0.762. The largest absolute Gasteiger partial charge is 0.358 e. The molecule has 0 radical (unpaired) electrons. The van der Waals surface area contributed by atoms with Crippen molar-refractivity contribution in [2.24, 2.45) is 5.92 Å². The summed E-state index contributed by atoms with van der Waals surface area (Å²) in [7, 11) is 0. The lowest BCUT2D eigenvalue weighted by Crippen LogP contribution is -2.12. The molecule has 0 aliphatic heterocycles. The Hall–Kier alpha value is -1.75. The number of hydrogen-bond acceptors (Lipinski definition) is 1. The molecule has 2 aromatic rings. The molecular formula is C15H16N2. The number of rotatable bonds is 1. The van der Waals surface area contributed by atoms with Crippen LogP contribution in [0.1, 0.15) is 36.6 Å². The smallest absolute Gasteiger partial charge is 0.0991 e. The van der Waals surface area contributed by atoms with Gasteiger partial charge in [0.25, 0.3) is 0 Å². The molecule has 1 aliphatic rings. The summed E-state index contributed by atoms with van der Waals surface area (Å²) in [5.74, 6) is 0.812. The average molecular weight is 224 g/mol. The Kier molecular flexibility index (Phi) is 2.40. The molecule has 1 aliphatic carbocycles. The molecule has 0 bridgehead atoms. The fourth-order valence-corrected chi connectivity index (χ4v) is 2.91. The van der Waals surface area contributed by atoms with Crippen LogP contribution in [0, 0.1) is 17.2 Å². The van der Waals surface area contributed by atoms with Crippen LogP contribution >= 0.6 is 0 Å². The zero-order valence-corrected chi connectivity index (χ0v) is 10.1. The molecule has 0 saturated heterocycles. The molecule has 2 heteroatoms. The number of hydrogen-bond donors (Lipinski definition) is 1. The van der Waals surface area contributed by atoms with Crippen LogP contribution in [0.25, 0.3) is 10.9 Å². The lowest BCUT2D eigenvalue weighted by molar-refractivity contribution is 0.444. The molecule has 86 valence electrons.